The van der Waals surface area contributed by atoms with Gasteiger partial charge < -0.3 is 20.1 Å². The van der Waals surface area contributed by atoms with Gasteiger partial charge in [-0.05, 0) is 45.9 Å². The number of methoxy groups -OCH3 is 1. The number of nitrogens with one attached hydrogen (secondary N) is 2. The van der Waals surface area contributed by atoms with Crippen LogP contribution in [0.15, 0.2) is 24.3 Å². The van der Waals surface area contributed by atoms with E-state index >= 15 is 0 Å². The van der Waals surface area contributed by atoms with Gasteiger partial charge in [0.1, 0.15) is 11.2 Å². The first-order valence-corrected chi connectivity index (χ1v) is 8.40. The SMILES string of the molecule is CNC(=O)c1nnc(C)cc1Nc1cccc(C(=O)OC(C)(C)C)c1OC. The first kappa shape index (κ1) is 20.2. The van der Waals surface area contributed by atoms with Gasteiger partial charge in [-0.2, -0.15) is 5.10 Å². The minimum absolute atomic E-state index is 0.132. The number of nitrogens with zero attached hydrogens (tertiary/aromatic N) is 2. The van der Waals surface area contributed by atoms with Crippen LogP contribution >= 0.6 is 0 Å². The minimum atomic E-state index is -0.635. The van der Waals surface area contributed by atoms with Crippen LogP contribution in [0.3, 0.4) is 0 Å². The van der Waals surface area contributed by atoms with Gasteiger partial charge in [-0.25, -0.2) is 4.79 Å². The Morgan fingerprint density at radius 3 is 2.41 bits per heavy atom. The van der Waals surface area contributed by atoms with Gasteiger partial charge in [-0.15, -0.1) is 5.10 Å². The molecule has 8 heteroatoms. The first-order chi connectivity index (χ1) is 12.7. The minimum Gasteiger partial charge on any atom is -0.494 e. The zero-order valence-corrected chi connectivity index (χ0v) is 16.3. The fraction of sp³-hybridized carbons (Fsp3) is 0.368. The summed E-state index contributed by atoms with van der Waals surface area (Å²) in [6.45, 7) is 7.14. The summed E-state index contributed by atoms with van der Waals surface area (Å²) < 4.78 is 10.9. The van der Waals surface area contributed by atoms with Crippen molar-refractivity contribution in [3.63, 3.8) is 0 Å². The van der Waals surface area contributed by atoms with Crippen molar-refractivity contribution >= 4 is 23.3 Å². The maximum Gasteiger partial charge on any atom is 0.342 e. The first-order valence-electron chi connectivity index (χ1n) is 8.40. The lowest BCUT2D eigenvalue weighted by atomic mass is 10.1. The number of rotatable bonds is 5. The van der Waals surface area contributed by atoms with Crippen LogP contribution in [0.2, 0.25) is 0 Å². The van der Waals surface area contributed by atoms with Crippen molar-refractivity contribution in [3.8, 4) is 5.75 Å². The highest BCUT2D eigenvalue weighted by atomic mass is 16.6. The normalized spacial score (nSPS) is 10.9. The van der Waals surface area contributed by atoms with Crippen LogP contribution in [0.1, 0.15) is 47.3 Å². The Balaban J connectivity index is 2.47. The van der Waals surface area contributed by atoms with E-state index in [4.69, 9.17) is 9.47 Å². The van der Waals surface area contributed by atoms with Crippen LogP contribution in [0.4, 0.5) is 11.4 Å². The lowest BCUT2D eigenvalue weighted by Crippen LogP contribution is -2.24. The van der Waals surface area contributed by atoms with Gasteiger partial charge in [-0.1, -0.05) is 6.07 Å². The third-order valence-corrected chi connectivity index (χ3v) is 3.47. The third kappa shape index (κ3) is 4.93. The molecule has 0 aliphatic heterocycles. The molecule has 2 N–H and O–H groups in total. The Kier molecular flexibility index (Phi) is 5.99. The highest BCUT2D eigenvalue weighted by Gasteiger charge is 2.23. The van der Waals surface area contributed by atoms with E-state index in [-0.39, 0.29) is 17.2 Å². The van der Waals surface area contributed by atoms with Crippen LogP contribution < -0.4 is 15.4 Å². The molecule has 2 rings (SSSR count). The number of esters is 1. The van der Waals surface area contributed by atoms with Crippen molar-refractivity contribution in [2.75, 3.05) is 19.5 Å². The number of anilines is 2. The number of hydrogen-bond donors (Lipinski definition) is 2. The number of benzene rings is 1. The van der Waals surface area contributed by atoms with Crippen molar-refractivity contribution in [2.45, 2.75) is 33.3 Å². The van der Waals surface area contributed by atoms with E-state index in [1.807, 2.05) is 0 Å². The van der Waals surface area contributed by atoms with Crippen molar-refractivity contribution in [1.82, 2.24) is 15.5 Å². The number of para-hydroxylation sites is 1. The zero-order chi connectivity index (χ0) is 20.2. The number of aromatic nitrogens is 2. The summed E-state index contributed by atoms with van der Waals surface area (Å²) in [5.74, 6) is -0.574. The molecule has 1 amide bonds. The predicted octanol–water partition coefficient (Wildman–Crippen LogP) is 2.85. The highest BCUT2D eigenvalue weighted by molar-refractivity contribution is 5.99. The van der Waals surface area contributed by atoms with E-state index in [0.717, 1.165) is 0 Å². The van der Waals surface area contributed by atoms with E-state index in [1.54, 1.807) is 52.0 Å². The monoisotopic (exact) mass is 372 g/mol. The van der Waals surface area contributed by atoms with E-state index in [2.05, 4.69) is 20.8 Å². The summed E-state index contributed by atoms with van der Waals surface area (Å²) in [5, 5.41) is 13.5. The third-order valence-electron chi connectivity index (χ3n) is 3.47. The van der Waals surface area contributed by atoms with Gasteiger partial charge in [0.2, 0.25) is 0 Å². The maximum absolute atomic E-state index is 12.5. The molecule has 0 radical (unpaired) electrons. The smallest absolute Gasteiger partial charge is 0.342 e. The van der Waals surface area contributed by atoms with Gasteiger partial charge in [0, 0.05) is 7.05 Å². The second-order valence-corrected chi connectivity index (χ2v) is 6.84. The Morgan fingerprint density at radius 1 is 1.11 bits per heavy atom. The molecule has 2 aromatic rings. The van der Waals surface area contributed by atoms with E-state index < -0.39 is 11.6 Å². The van der Waals surface area contributed by atoms with Crippen LogP contribution in [0.5, 0.6) is 5.75 Å². The molecular formula is C19H24N4O4. The van der Waals surface area contributed by atoms with E-state index in [9.17, 15) is 9.59 Å². The fourth-order valence-electron chi connectivity index (χ4n) is 2.36. The number of aryl methyl sites for hydroxylation is 1. The Bertz CT molecular complexity index is 859. The molecule has 27 heavy (non-hydrogen) atoms. The van der Waals surface area contributed by atoms with Crippen molar-refractivity contribution < 1.29 is 19.1 Å². The summed E-state index contributed by atoms with van der Waals surface area (Å²) in [7, 11) is 2.97. The molecule has 0 fully saturated rings. The average Bonchev–Trinajstić information content (AvgIpc) is 2.59. The summed E-state index contributed by atoms with van der Waals surface area (Å²) in [6.07, 6.45) is 0. The molecule has 0 spiro atoms. The lowest BCUT2D eigenvalue weighted by Gasteiger charge is -2.21. The lowest BCUT2D eigenvalue weighted by molar-refractivity contribution is 0.00665. The Morgan fingerprint density at radius 2 is 1.81 bits per heavy atom. The van der Waals surface area contributed by atoms with Gasteiger partial charge in [0.15, 0.2) is 11.4 Å². The van der Waals surface area contributed by atoms with Crippen LogP contribution in [0.25, 0.3) is 0 Å². The molecule has 144 valence electrons. The zero-order valence-electron chi connectivity index (χ0n) is 16.3. The Hall–Kier alpha value is -3.16. The maximum atomic E-state index is 12.5. The van der Waals surface area contributed by atoms with Gasteiger partial charge in [0.25, 0.3) is 5.91 Å². The Labute approximate surface area is 158 Å². The van der Waals surface area contributed by atoms with Crippen molar-refractivity contribution in [2.24, 2.45) is 0 Å². The molecule has 0 saturated heterocycles. The summed E-state index contributed by atoms with van der Waals surface area (Å²) in [5.41, 5.74) is 1.35. The molecule has 1 aromatic carbocycles. The molecule has 0 unspecified atom stereocenters. The van der Waals surface area contributed by atoms with Crippen LogP contribution in [0, 0.1) is 6.92 Å². The molecule has 8 nitrogen and oxygen atoms in total. The molecule has 1 aromatic heterocycles. The van der Waals surface area contributed by atoms with Crippen molar-refractivity contribution in [1.29, 1.82) is 0 Å². The van der Waals surface area contributed by atoms with Crippen LogP contribution in [-0.4, -0.2) is 41.8 Å². The summed E-state index contributed by atoms with van der Waals surface area (Å²) >= 11 is 0. The topological polar surface area (TPSA) is 102 Å². The number of carbonyl (C=O) groups excluding carboxylic acids is 2. The molecule has 0 saturated carbocycles. The molecule has 0 aliphatic carbocycles. The molecule has 0 aliphatic rings. The van der Waals surface area contributed by atoms with Gasteiger partial charge in [-0.3, -0.25) is 4.79 Å². The number of ether oxygens (including phenoxy) is 2. The number of hydrogen-bond acceptors (Lipinski definition) is 7. The average molecular weight is 372 g/mol. The number of amides is 1. The second kappa shape index (κ2) is 8.03. The van der Waals surface area contributed by atoms with Gasteiger partial charge in [0.05, 0.1) is 24.2 Å². The van der Waals surface area contributed by atoms with E-state index in [1.165, 1.54) is 14.2 Å². The van der Waals surface area contributed by atoms with Crippen LogP contribution in [-0.2, 0) is 4.74 Å². The summed E-state index contributed by atoms with van der Waals surface area (Å²) in [6, 6.07) is 6.74. The second-order valence-electron chi connectivity index (χ2n) is 6.84. The summed E-state index contributed by atoms with van der Waals surface area (Å²) in [4.78, 5) is 24.6. The molecule has 1 heterocycles. The standard InChI is InChI=1S/C19H24N4O4/c1-11-10-14(15(23-22-11)17(24)20-5)21-13-9-7-8-12(16(13)26-6)18(25)27-19(2,3)4/h7-10H,1-6H3,(H,20,24)(H,21,22). The van der Waals surface area contributed by atoms with E-state index in [0.29, 0.717) is 22.8 Å². The predicted molar refractivity (Wildman–Crippen MR) is 102 cm³/mol. The van der Waals surface area contributed by atoms with Gasteiger partial charge >= 0.3 is 5.97 Å². The highest BCUT2D eigenvalue weighted by Crippen LogP contribution is 2.33. The molecule has 0 atom stereocenters. The molecule has 0 bridgehead atoms. The largest absolute Gasteiger partial charge is 0.494 e. The van der Waals surface area contributed by atoms with Crippen molar-refractivity contribution in [3.05, 3.63) is 41.2 Å². The number of carbonyl (C=O) groups is 2. The fourth-order valence-corrected chi connectivity index (χ4v) is 2.36. The molecular weight excluding hydrogens is 348 g/mol. The quantitative estimate of drug-likeness (QED) is 0.778.